The summed E-state index contributed by atoms with van der Waals surface area (Å²) >= 11 is 0. The highest BCUT2D eigenvalue weighted by atomic mass is 16.2. The fourth-order valence-electron chi connectivity index (χ4n) is 4.44. The summed E-state index contributed by atoms with van der Waals surface area (Å²) < 4.78 is 2.01. The average Bonchev–Trinajstić information content (AvgIpc) is 3.18. The van der Waals surface area contributed by atoms with E-state index in [4.69, 9.17) is 0 Å². The van der Waals surface area contributed by atoms with Crippen LogP contribution in [0.5, 0.6) is 0 Å². The maximum absolute atomic E-state index is 13.9. The number of aromatic nitrogens is 2. The van der Waals surface area contributed by atoms with Crippen LogP contribution in [0, 0.1) is 0 Å². The fourth-order valence-corrected chi connectivity index (χ4v) is 4.44. The Morgan fingerprint density at radius 3 is 2.55 bits per heavy atom. The van der Waals surface area contributed by atoms with Crippen LogP contribution in [-0.4, -0.2) is 26.9 Å². The zero-order valence-electron chi connectivity index (χ0n) is 16.4. The minimum absolute atomic E-state index is 0.112. The molecule has 29 heavy (non-hydrogen) atoms. The quantitative estimate of drug-likeness (QED) is 0.513. The van der Waals surface area contributed by atoms with Crippen molar-refractivity contribution in [2.45, 2.75) is 25.4 Å². The van der Waals surface area contributed by atoms with Gasteiger partial charge in [0.15, 0.2) is 0 Å². The van der Waals surface area contributed by atoms with Gasteiger partial charge in [0.2, 0.25) is 0 Å². The molecular formula is C25H23N3O. The number of para-hydroxylation sites is 2. The molecule has 0 spiro atoms. The number of hydrogen-bond donors (Lipinski definition) is 0. The largest absolute Gasteiger partial charge is 0.336 e. The lowest BCUT2D eigenvalue weighted by Gasteiger charge is -2.35. The van der Waals surface area contributed by atoms with Gasteiger partial charge in [-0.2, -0.15) is 0 Å². The first-order valence-electron chi connectivity index (χ1n) is 10.1. The van der Waals surface area contributed by atoms with Crippen molar-refractivity contribution in [3.05, 3.63) is 102 Å². The van der Waals surface area contributed by atoms with E-state index < -0.39 is 6.04 Å². The summed E-state index contributed by atoms with van der Waals surface area (Å²) in [7, 11) is 0. The van der Waals surface area contributed by atoms with Crippen molar-refractivity contribution in [2.75, 3.05) is 6.54 Å². The lowest BCUT2D eigenvalue weighted by molar-refractivity contribution is -0.134. The third-order valence-electron chi connectivity index (χ3n) is 5.86. The van der Waals surface area contributed by atoms with Crippen LogP contribution in [0.25, 0.3) is 11.0 Å². The standard InChI is InChI=1S/C25H23N3O/c1-18-15-27(16-20-11-5-6-12-21(18)20)25(29)24(19-9-3-2-4-10-19)28-17-26-22-13-7-8-14-23(22)28/h2-14,17-18,24H,15-16H2,1H3. The molecule has 4 heteroatoms. The second-order valence-corrected chi connectivity index (χ2v) is 7.77. The molecule has 0 saturated carbocycles. The first-order chi connectivity index (χ1) is 14.2. The number of benzene rings is 3. The molecule has 144 valence electrons. The van der Waals surface area contributed by atoms with Gasteiger partial charge in [0, 0.05) is 13.1 Å². The van der Waals surface area contributed by atoms with Crippen LogP contribution in [0.2, 0.25) is 0 Å². The SMILES string of the molecule is CC1CN(C(=O)C(c2ccccc2)n2cnc3ccccc32)Cc2ccccc21. The summed E-state index contributed by atoms with van der Waals surface area (Å²) in [5.74, 6) is 0.431. The van der Waals surface area contributed by atoms with E-state index in [1.807, 2.05) is 64.1 Å². The van der Waals surface area contributed by atoms with Gasteiger partial charge in [-0.05, 0) is 34.7 Å². The third-order valence-corrected chi connectivity index (χ3v) is 5.86. The molecule has 0 radical (unpaired) electrons. The molecule has 0 saturated heterocycles. The summed E-state index contributed by atoms with van der Waals surface area (Å²) in [5, 5.41) is 0. The van der Waals surface area contributed by atoms with E-state index in [1.165, 1.54) is 11.1 Å². The lowest BCUT2D eigenvalue weighted by atomic mass is 9.90. The van der Waals surface area contributed by atoms with E-state index in [1.54, 1.807) is 6.33 Å². The molecule has 3 aromatic carbocycles. The number of imidazole rings is 1. The van der Waals surface area contributed by atoms with E-state index in [2.05, 4.69) is 36.2 Å². The van der Waals surface area contributed by atoms with Crippen LogP contribution in [0.3, 0.4) is 0 Å². The van der Waals surface area contributed by atoms with Crippen molar-refractivity contribution in [1.29, 1.82) is 0 Å². The van der Waals surface area contributed by atoms with Crippen molar-refractivity contribution < 1.29 is 4.79 Å². The van der Waals surface area contributed by atoms with Gasteiger partial charge in [0.1, 0.15) is 6.04 Å². The number of hydrogen-bond acceptors (Lipinski definition) is 2. The van der Waals surface area contributed by atoms with Crippen LogP contribution in [0.15, 0.2) is 85.2 Å². The molecule has 1 aliphatic heterocycles. The molecule has 1 aromatic heterocycles. The van der Waals surface area contributed by atoms with Crippen molar-refractivity contribution in [2.24, 2.45) is 0 Å². The molecule has 0 bridgehead atoms. The lowest BCUT2D eigenvalue weighted by Crippen LogP contribution is -2.42. The Kier molecular flexibility index (Phi) is 4.39. The Morgan fingerprint density at radius 1 is 0.966 bits per heavy atom. The molecule has 1 amide bonds. The Balaban J connectivity index is 1.58. The van der Waals surface area contributed by atoms with Crippen molar-refractivity contribution in [3.63, 3.8) is 0 Å². The van der Waals surface area contributed by atoms with E-state index in [0.29, 0.717) is 12.5 Å². The van der Waals surface area contributed by atoms with E-state index >= 15 is 0 Å². The van der Waals surface area contributed by atoms with Gasteiger partial charge in [-0.25, -0.2) is 4.98 Å². The fraction of sp³-hybridized carbons (Fsp3) is 0.200. The normalized spacial score (nSPS) is 17.1. The van der Waals surface area contributed by atoms with Crippen LogP contribution in [0.4, 0.5) is 0 Å². The molecule has 0 aliphatic carbocycles. The van der Waals surface area contributed by atoms with Crippen LogP contribution < -0.4 is 0 Å². The second kappa shape index (κ2) is 7.21. The second-order valence-electron chi connectivity index (χ2n) is 7.77. The Labute approximate surface area is 170 Å². The van der Waals surface area contributed by atoms with Crippen molar-refractivity contribution >= 4 is 16.9 Å². The van der Waals surface area contributed by atoms with Crippen LogP contribution in [0.1, 0.15) is 35.6 Å². The zero-order valence-corrected chi connectivity index (χ0v) is 16.4. The molecule has 1 aliphatic rings. The number of nitrogens with zero attached hydrogens (tertiary/aromatic N) is 3. The summed E-state index contributed by atoms with van der Waals surface area (Å²) in [6, 6.07) is 26.0. The van der Waals surface area contributed by atoms with E-state index in [9.17, 15) is 4.79 Å². The molecule has 4 aromatic rings. The van der Waals surface area contributed by atoms with Crippen molar-refractivity contribution in [3.8, 4) is 0 Å². The molecule has 2 atom stereocenters. The van der Waals surface area contributed by atoms with Crippen LogP contribution >= 0.6 is 0 Å². The Morgan fingerprint density at radius 2 is 1.69 bits per heavy atom. The van der Waals surface area contributed by atoms with Crippen LogP contribution in [-0.2, 0) is 11.3 Å². The number of carbonyl (C=O) groups excluding carboxylic acids is 1. The molecule has 4 nitrogen and oxygen atoms in total. The summed E-state index contributed by atoms with van der Waals surface area (Å²) in [6.07, 6.45) is 1.79. The smallest absolute Gasteiger partial charge is 0.250 e. The minimum Gasteiger partial charge on any atom is -0.336 e. The van der Waals surface area contributed by atoms with Gasteiger partial charge in [0.05, 0.1) is 17.4 Å². The molecule has 0 N–H and O–H groups in total. The number of rotatable bonds is 3. The topological polar surface area (TPSA) is 38.1 Å². The first-order valence-corrected chi connectivity index (χ1v) is 10.1. The van der Waals surface area contributed by atoms with Gasteiger partial charge in [-0.1, -0.05) is 73.7 Å². The molecule has 5 rings (SSSR count). The van der Waals surface area contributed by atoms with Gasteiger partial charge >= 0.3 is 0 Å². The highest BCUT2D eigenvalue weighted by Gasteiger charge is 2.32. The first kappa shape index (κ1) is 17.7. The number of carbonyl (C=O) groups is 1. The molecule has 0 fully saturated rings. The zero-order chi connectivity index (χ0) is 19.8. The average molecular weight is 381 g/mol. The number of fused-ring (bicyclic) bond motifs is 2. The van der Waals surface area contributed by atoms with E-state index in [0.717, 1.165) is 23.1 Å². The van der Waals surface area contributed by atoms with Gasteiger partial charge in [0.25, 0.3) is 5.91 Å². The van der Waals surface area contributed by atoms with Gasteiger partial charge in [-0.15, -0.1) is 0 Å². The molecular weight excluding hydrogens is 358 g/mol. The minimum atomic E-state index is -0.430. The Hall–Kier alpha value is -3.40. The number of amides is 1. The third kappa shape index (κ3) is 3.11. The molecule has 2 heterocycles. The highest BCUT2D eigenvalue weighted by Crippen LogP contribution is 2.32. The van der Waals surface area contributed by atoms with E-state index in [-0.39, 0.29) is 5.91 Å². The van der Waals surface area contributed by atoms with Gasteiger partial charge in [-0.3, -0.25) is 4.79 Å². The predicted octanol–water partition coefficient (Wildman–Crippen LogP) is 4.77. The predicted molar refractivity (Wildman–Crippen MR) is 115 cm³/mol. The molecule has 2 unspecified atom stereocenters. The Bertz CT molecular complexity index is 1160. The summed E-state index contributed by atoms with van der Waals surface area (Å²) in [6.45, 7) is 3.57. The highest BCUT2D eigenvalue weighted by molar-refractivity contribution is 5.87. The maximum atomic E-state index is 13.9. The monoisotopic (exact) mass is 381 g/mol. The van der Waals surface area contributed by atoms with Crippen molar-refractivity contribution in [1.82, 2.24) is 14.5 Å². The summed E-state index contributed by atoms with van der Waals surface area (Å²) in [5.41, 5.74) is 5.44. The van der Waals surface area contributed by atoms with Gasteiger partial charge < -0.3 is 9.47 Å². The summed E-state index contributed by atoms with van der Waals surface area (Å²) in [4.78, 5) is 20.4. The maximum Gasteiger partial charge on any atom is 0.250 e.